The molecule has 1 amide bonds. The van der Waals surface area contributed by atoms with Crippen LogP contribution in [0.15, 0.2) is 53.2 Å². The number of benzene rings is 1. The Bertz CT molecular complexity index is 1240. The van der Waals surface area contributed by atoms with Crippen molar-refractivity contribution in [1.29, 1.82) is 0 Å². The van der Waals surface area contributed by atoms with Gasteiger partial charge in [-0.3, -0.25) is 9.00 Å². The first-order chi connectivity index (χ1) is 20.8. The molecular formula is C35H60N4O4S. The second-order valence-corrected chi connectivity index (χ2v) is 16.6. The van der Waals surface area contributed by atoms with Crippen molar-refractivity contribution in [3.63, 3.8) is 0 Å². The summed E-state index contributed by atoms with van der Waals surface area (Å²) in [6, 6.07) is 6.02. The van der Waals surface area contributed by atoms with Crippen LogP contribution in [0, 0.1) is 5.92 Å². The second-order valence-electron chi connectivity index (χ2n) is 12.3. The summed E-state index contributed by atoms with van der Waals surface area (Å²) in [6.07, 6.45) is 4.59. The van der Waals surface area contributed by atoms with Gasteiger partial charge in [0.2, 0.25) is 0 Å². The predicted octanol–water partition coefficient (Wildman–Crippen LogP) is 5.92. The number of nitrogens with zero attached hydrogens (tertiary/aromatic N) is 2. The topological polar surface area (TPSA) is 94.1 Å². The number of carbonyl (C=O) groups excluding carboxylic acids is 1. The molecule has 1 atom stereocenters. The molecule has 2 heterocycles. The molecule has 1 unspecified atom stereocenters. The number of hydrogen-bond donors (Lipinski definition) is 3. The summed E-state index contributed by atoms with van der Waals surface area (Å²) >= 11 is 0. The van der Waals surface area contributed by atoms with Gasteiger partial charge in [-0.1, -0.05) is 60.6 Å². The largest absolute Gasteiger partial charge is 0.493 e. The Morgan fingerprint density at radius 1 is 1.16 bits per heavy atom. The number of hydrogen-bond acceptors (Lipinski definition) is 6. The second kappa shape index (κ2) is 16.7. The van der Waals surface area contributed by atoms with Gasteiger partial charge < -0.3 is 25.4 Å². The standard InChI is InChI=1S/C32H52N4O4S.C3H8/c1-9-13-24(5)33-31(25(6)23(4)10-2)32(38)34-26(7)29-20-28(14-15-30(29)40-11-3)41(39,18-19-41)36-21-27(22-36)35(8)16-12-17-37;1-3-2/h14-15,20,23,27,33,37H,5,7,9-13,16-19,21-22H2,1-4,6,8H3,(H,34,38);3H2,1-2H3/b31-25-;. The lowest BCUT2D eigenvalue weighted by Gasteiger charge is -2.51. The summed E-state index contributed by atoms with van der Waals surface area (Å²) in [5.41, 5.74) is 3.31. The molecule has 2 aliphatic heterocycles. The molecule has 9 heteroatoms. The molecule has 2 fully saturated rings. The first-order valence-electron chi connectivity index (χ1n) is 16.5. The molecule has 3 N–H and O–H groups in total. The smallest absolute Gasteiger partial charge is 0.272 e. The van der Waals surface area contributed by atoms with Crippen LogP contribution < -0.4 is 15.4 Å². The molecule has 3 rings (SSSR count). The lowest BCUT2D eigenvalue weighted by molar-refractivity contribution is -0.116. The molecule has 2 aliphatic rings. The van der Waals surface area contributed by atoms with E-state index >= 15 is 0 Å². The Hall–Kier alpha value is -2.46. The van der Waals surface area contributed by atoms with Crippen molar-refractivity contribution in [2.75, 3.05) is 51.4 Å². The summed E-state index contributed by atoms with van der Waals surface area (Å²) in [6.45, 7) is 25.7. The average molecular weight is 633 g/mol. The molecule has 2 saturated heterocycles. The lowest BCUT2D eigenvalue weighted by atomic mass is 9.97. The fourth-order valence-electron chi connectivity index (χ4n) is 5.31. The van der Waals surface area contributed by atoms with Gasteiger partial charge in [0.25, 0.3) is 5.91 Å². The minimum Gasteiger partial charge on any atom is -0.493 e. The van der Waals surface area contributed by atoms with E-state index in [-0.39, 0.29) is 18.4 Å². The van der Waals surface area contributed by atoms with Crippen LogP contribution in [0.1, 0.15) is 86.1 Å². The summed E-state index contributed by atoms with van der Waals surface area (Å²) in [5, 5.41) is 15.4. The van der Waals surface area contributed by atoms with E-state index in [9.17, 15) is 14.1 Å². The lowest BCUT2D eigenvalue weighted by Crippen LogP contribution is -2.63. The minimum absolute atomic E-state index is 0.174. The van der Waals surface area contributed by atoms with Crippen LogP contribution in [0.4, 0.5) is 0 Å². The Kier molecular flexibility index (Phi) is 14.3. The van der Waals surface area contributed by atoms with Gasteiger partial charge in [0.15, 0.2) is 0 Å². The average Bonchev–Trinajstić information content (AvgIpc) is 3.68. The maximum atomic E-state index is 14.7. The maximum Gasteiger partial charge on any atom is 0.272 e. The zero-order valence-corrected chi connectivity index (χ0v) is 29.6. The number of likely N-dealkylation sites (N-methyl/N-ethyl adjacent to an activating group) is 1. The molecule has 0 radical (unpaired) electrons. The van der Waals surface area contributed by atoms with Crippen molar-refractivity contribution in [2.24, 2.45) is 5.92 Å². The quantitative estimate of drug-likeness (QED) is 0.146. The number of aliphatic hydroxyl groups excluding tert-OH is 1. The van der Waals surface area contributed by atoms with Crippen molar-refractivity contribution in [1.82, 2.24) is 19.8 Å². The van der Waals surface area contributed by atoms with Crippen molar-refractivity contribution in [3.05, 3.63) is 53.9 Å². The van der Waals surface area contributed by atoms with E-state index in [2.05, 4.69) is 74.7 Å². The van der Waals surface area contributed by atoms with Crippen LogP contribution in [0.5, 0.6) is 5.75 Å². The highest BCUT2D eigenvalue weighted by atomic mass is 32.3. The van der Waals surface area contributed by atoms with E-state index in [0.717, 1.165) is 61.5 Å². The number of rotatable bonds is 17. The highest BCUT2D eigenvalue weighted by Gasteiger charge is 2.60. The maximum absolute atomic E-state index is 14.7. The van der Waals surface area contributed by atoms with Crippen molar-refractivity contribution >= 4 is 20.9 Å². The Morgan fingerprint density at radius 3 is 2.32 bits per heavy atom. The highest BCUT2D eigenvalue weighted by molar-refractivity contribution is 8.24. The number of carbonyl (C=O) groups is 1. The first-order valence-corrected chi connectivity index (χ1v) is 18.7. The molecule has 0 aliphatic carbocycles. The molecule has 0 spiro atoms. The van der Waals surface area contributed by atoms with Gasteiger partial charge in [-0.2, -0.15) is 0 Å². The number of ether oxygens (including phenoxy) is 1. The molecule has 8 nitrogen and oxygen atoms in total. The SMILES string of the molecule is C=C(CCC)N/C(C(=O)NC(=C)c1cc(S2(=O)(N3CC(N(C)CCCO)C3)CC2)ccc1OCC)=C(/C)C(C)CC.CCC. The number of amides is 1. The summed E-state index contributed by atoms with van der Waals surface area (Å²) in [7, 11) is -1.09. The highest BCUT2D eigenvalue weighted by Crippen LogP contribution is 2.54. The van der Waals surface area contributed by atoms with Crippen LogP contribution in [0.3, 0.4) is 0 Å². The van der Waals surface area contributed by atoms with Crippen molar-refractivity contribution < 1.29 is 18.8 Å². The minimum atomic E-state index is -3.15. The molecule has 44 heavy (non-hydrogen) atoms. The molecule has 1 aromatic carbocycles. The zero-order valence-electron chi connectivity index (χ0n) is 28.8. The Balaban J connectivity index is 0.00000216. The molecule has 1 aromatic rings. The fourth-order valence-corrected chi connectivity index (χ4v) is 9.30. The molecule has 250 valence electrons. The van der Waals surface area contributed by atoms with Crippen LogP contribution in [-0.2, 0) is 14.0 Å². The van der Waals surface area contributed by atoms with E-state index in [1.165, 1.54) is 6.42 Å². The van der Waals surface area contributed by atoms with Gasteiger partial charge in [0.1, 0.15) is 11.4 Å². The first kappa shape index (κ1) is 37.7. The Labute approximate surface area is 267 Å². The fraction of sp³-hybridized carbons (Fsp3) is 0.629. The normalized spacial score (nSPS) is 19.2. The molecular weight excluding hydrogens is 572 g/mol. The van der Waals surface area contributed by atoms with Gasteiger partial charge in [-0.15, -0.1) is 0 Å². The molecule has 0 saturated carbocycles. The van der Waals surface area contributed by atoms with Gasteiger partial charge in [0.05, 0.1) is 6.61 Å². The summed E-state index contributed by atoms with van der Waals surface area (Å²) in [4.78, 5) is 16.7. The van der Waals surface area contributed by atoms with Gasteiger partial charge in [0, 0.05) is 65.6 Å². The molecule has 0 bridgehead atoms. The van der Waals surface area contributed by atoms with Crippen LogP contribution in [-0.4, -0.2) is 81.9 Å². The van der Waals surface area contributed by atoms with Gasteiger partial charge in [-0.25, -0.2) is 4.31 Å². The van der Waals surface area contributed by atoms with Gasteiger partial charge >= 0.3 is 0 Å². The van der Waals surface area contributed by atoms with E-state index in [4.69, 9.17) is 4.74 Å². The van der Waals surface area contributed by atoms with E-state index in [1.54, 1.807) is 0 Å². The van der Waals surface area contributed by atoms with Crippen LogP contribution in [0.2, 0.25) is 0 Å². The van der Waals surface area contributed by atoms with Crippen molar-refractivity contribution in [3.8, 4) is 5.75 Å². The monoisotopic (exact) mass is 632 g/mol. The van der Waals surface area contributed by atoms with Crippen LogP contribution >= 0.6 is 0 Å². The number of aliphatic hydroxyl groups is 1. The Morgan fingerprint density at radius 2 is 1.80 bits per heavy atom. The summed E-state index contributed by atoms with van der Waals surface area (Å²) < 4.78 is 22.8. The van der Waals surface area contributed by atoms with Crippen molar-refractivity contribution in [2.45, 2.75) is 91.5 Å². The van der Waals surface area contributed by atoms with E-state index < -0.39 is 9.25 Å². The third kappa shape index (κ3) is 8.83. The third-order valence-corrected chi connectivity index (χ3v) is 13.0. The third-order valence-electron chi connectivity index (χ3n) is 8.68. The van der Waals surface area contributed by atoms with E-state index in [1.807, 2.05) is 32.0 Å². The van der Waals surface area contributed by atoms with E-state index in [0.29, 0.717) is 46.9 Å². The van der Waals surface area contributed by atoms with Gasteiger partial charge in [-0.05, 0) is 79.1 Å². The van der Waals surface area contributed by atoms with Crippen LogP contribution in [0.25, 0.3) is 5.70 Å². The molecule has 0 aromatic heterocycles. The predicted molar refractivity (Wildman–Crippen MR) is 186 cm³/mol. The number of nitrogens with one attached hydrogen (secondary N) is 2. The number of allylic oxidation sites excluding steroid dienone is 2. The summed E-state index contributed by atoms with van der Waals surface area (Å²) in [5.74, 6) is 1.82. The zero-order chi connectivity index (χ0) is 33.1.